The Balaban J connectivity index is 2.08. The zero-order valence-corrected chi connectivity index (χ0v) is 15.2. The Morgan fingerprint density at radius 1 is 1.15 bits per heavy atom. The third-order valence-corrected chi connectivity index (χ3v) is 4.04. The quantitative estimate of drug-likeness (QED) is 0.738. The molecule has 1 heterocycles. The van der Waals surface area contributed by atoms with E-state index in [1.807, 2.05) is 0 Å². The van der Waals surface area contributed by atoms with Crippen LogP contribution in [0, 0.1) is 0 Å². The molecule has 8 nitrogen and oxygen atoms in total. The van der Waals surface area contributed by atoms with Gasteiger partial charge in [-0.1, -0.05) is 29.8 Å². The number of carbonyl (C=O) groups excluding carboxylic acids is 1. The van der Waals surface area contributed by atoms with Gasteiger partial charge < -0.3 is 10.1 Å². The van der Waals surface area contributed by atoms with Crippen LogP contribution in [0.3, 0.4) is 0 Å². The number of nitrogens with zero attached hydrogens (tertiary/aromatic N) is 3. The van der Waals surface area contributed by atoms with Gasteiger partial charge in [-0.25, -0.2) is 4.79 Å². The first-order valence-corrected chi connectivity index (χ1v) is 8.21. The largest absolute Gasteiger partial charge is 0.495 e. The number of hydrogen-bond donors (Lipinski definition) is 1. The van der Waals surface area contributed by atoms with Crippen LogP contribution >= 0.6 is 11.6 Å². The van der Waals surface area contributed by atoms with Crippen LogP contribution < -0.4 is 21.3 Å². The lowest BCUT2D eigenvalue weighted by atomic mass is 10.2. The van der Waals surface area contributed by atoms with Gasteiger partial charge in [0.25, 0.3) is 11.5 Å². The van der Waals surface area contributed by atoms with Crippen molar-refractivity contribution in [2.75, 3.05) is 12.4 Å². The monoisotopic (exact) mass is 386 g/mol. The molecule has 1 amide bonds. The molecule has 0 aliphatic carbocycles. The average Bonchev–Trinajstić information content (AvgIpc) is 2.67. The van der Waals surface area contributed by atoms with Crippen LogP contribution in [0.5, 0.6) is 5.75 Å². The normalized spacial score (nSPS) is 10.5. The lowest BCUT2D eigenvalue weighted by Gasteiger charge is -2.12. The molecule has 0 radical (unpaired) electrons. The highest BCUT2D eigenvalue weighted by Gasteiger charge is 2.20. The van der Waals surface area contributed by atoms with Crippen molar-refractivity contribution in [3.63, 3.8) is 0 Å². The molecule has 1 N–H and O–H groups in total. The minimum atomic E-state index is -0.814. The van der Waals surface area contributed by atoms with Crippen molar-refractivity contribution >= 4 is 23.2 Å². The smallest absolute Gasteiger partial charge is 0.351 e. The molecule has 1 aromatic heterocycles. The highest BCUT2D eigenvalue weighted by molar-refractivity contribution is 6.31. The van der Waals surface area contributed by atoms with Crippen LogP contribution in [0.4, 0.5) is 5.69 Å². The van der Waals surface area contributed by atoms with Gasteiger partial charge >= 0.3 is 5.69 Å². The van der Waals surface area contributed by atoms with Crippen molar-refractivity contribution in [3.05, 3.63) is 80.1 Å². The van der Waals surface area contributed by atoms with Crippen LogP contribution in [0.25, 0.3) is 5.69 Å². The number of carbonyl (C=O) groups is 1. The Hall–Kier alpha value is -3.39. The molecule has 0 unspecified atom stereocenters. The third kappa shape index (κ3) is 3.61. The maximum atomic E-state index is 12.7. The number of para-hydroxylation sites is 1. The molecule has 0 bridgehead atoms. The van der Waals surface area contributed by atoms with Gasteiger partial charge in [-0.2, -0.15) is 9.78 Å². The number of ether oxygens (including phenoxy) is 1. The molecule has 9 heteroatoms. The van der Waals surface area contributed by atoms with E-state index in [9.17, 15) is 14.4 Å². The van der Waals surface area contributed by atoms with Crippen molar-refractivity contribution in [1.82, 2.24) is 14.3 Å². The van der Waals surface area contributed by atoms with Gasteiger partial charge in [0.2, 0.25) is 5.69 Å². The van der Waals surface area contributed by atoms with Crippen LogP contribution in [-0.2, 0) is 7.05 Å². The van der Waals surface area contributed by atoms with E-state index in [1.54, 1.807) is 42.5 Å². The Labute approximate surface area is 158 Å². The fraction of sp³-hybridized carbons (Fsp3) is 0.111. The molecule has 138 valence electrons. The summed E-state index contributed by atoms with van der Waals surface area (Å²) >= 11 is 5.95. The zero-order valence-electron chi connectivity index (χ0n) is 14.5. The summed E-state index contributed by atoms with van der Waals surface area (Å²) < 4.78 is 6.99. The molecule has 0 atom stereocenters. The van der Waals surface area contributed by atoms with Crippen LogP contribution in [0.15, 0.2) is 58.1 Å². The highest BCUT2D eigenvalue weighted by Crippen LogP contribution is 2.27. The molecule has 2 aromatic carbocycles. The summed E-state index contributed by atoms with van der Waals surface area (Å²) in [5.74, 6) is -0.429. The maximum absolute atomic E-state index is 12.7. The number of halogens is 1. The Bertz CT molecular complexity index is 1120. The van der Waals surface area contributed by atoms with Crippen LogP contribution in [-0.4, -0.2) is 27.4 Å². The second kappa shape index (κ2) is 7.46. The fourth-order valence-electron chi connectivity index (χ4n) is 2.41. The molecule has 3 rings (SSSR count). The number of nitrogens with one attached hydrogen (secondary N) is 1. The predicted molar refractivity (Wildman–Crippen MR) is 101 cm³/mol. The highest BCUT2D eigenvalue weighted by atomic mass is 35.5. The van der Waals surface area contributed by atoms with Crippen molar-refractivity contribution in [2.24, 2.45) is 7.05 Å². The molecular formula is C18H15ClN4O4. The van der Waals surface area contributed by atoms with Crippen molar-refractivity contribution in [2.45, 2.75) is 0 Å². The number of methoxy groups -OCH3 is 1. The molecule has 0 saturated carbocycles. The van der Waals surface area contributed by atoms with E-state index in [0.717, 1.165) is 9.25 Å². The summed E-state index contributed by atoms with van der Waals surface area (Å²) in [5.41, 5.74) is -1.22. The standard InChI is InChI=1S/C18H15ClN4O4/c1-22-17(25)15(21-23(18(22)26)12-6-4-3-5-7-12)16(24)20-13-10-11(19)8-9-14(13)27-2/h3-10H,1-2H3,(H,20,24). The molecule has 0 aliphatic heterocycles. The minimum absolute atomic E-state index is 0.274. The molecule has 27 heavy (non-hydrogen) atoms. The molecule has 0 fully saturated rings. The summed E-state index contributed by atoms with van der Waals surface area (Å²) in [4.78, 5) is 37.4. The summed E-state index contributed by atoms with van der Waals surface area (Å²) in [6.45, 7) is 0. The van der Waals surface area contributed by atoms with Crippen LogP contribution in [0.1, 0.15) is 10.5 Å². The van der Waals surface area contributed by atoms with Crippen molar-refractivity contribution < 1.29 is 9.53 Å². The van der Waals surface area contributed by atoms with Gasteiger partial charge in [-0.3, -0.25) is 14.2 Å². The third-order valence-electron chi connectivity index (χ3n) is 3.80. The second-order valence-electron chi connectivity index (χ2n) is 5.54. The first kappa shape index (κ1) is 18.4. The van der Waals surface area contributed by atoms with Gasteiger partial charge in [-0.15, -0.1) is 0 Å². The number of rotatable bonds is 4. The predicted octanol–water partition coefficient (Wildman–Crippen LogP) is 1.85. The molecule has 0 aliphatic rings. The van der Waals surface area contributed by atoms with Gasteiger partial charge in [0, 0.05) is 12.1 Å². The summed E-state index contributed by atoms with van der Waals surface area (Å²) in [5, 5.41) is 6.88. The van der Waals surface area contributed by atoms with E-state index < -0.39 is 22.9 Å². The number of benzene rings is 2. The second-order valence-corrected chi connectivity index (χ2v) is 5.98. The van der Waals surface area contributed by atoms with Gasteiger partial charge in [0.05, 0.1) is 18.5 Å². The Kier molecular flexibility index (Phi) is 5.09. The van der Waals surface area contributed by atoms with E-state index in [-0.39, 0.29) is 5.69 Å². The van der Waals surface area contributed by atoms with E-state index in [1.165, 1.54) is 20.2 Å². The number of hydrogen-bond acceptors (Lipinski definition) is 5. The van der Waals surface area contributed by atoms with E-state index in [4.69, 9.17) is 16.3 Å². The SMILES string of the molecule is COc1ccc(Cl)cc1NC(=O)c1nn(-c2ccccc2)c(=O)n(C)c1=O. The molecule has 3 aromatic rings. The first-order valence-electron chi connectivity index (χ1n) is 7.83. The Morgan fingerprint density at radius 3 is 2.52 bits per heavy atom. The molecule has 0 saturated heterocycles. The lowest BCUT2D eigenvalue weighted by Crippen LogP contribution is -2.43. The van der Waals surface area contributed by atoms with Crippen molar-refractivity contribution in [3.8, 4) is 11.4 Å². The summed E-state index contributed by atoms with van der Waals surface area (Å²) in [6.07, 6.45) is 0. The van der Waals surface area contributed by atoms with Gasteiger partial charge in [-0.05, 0) is 30.3 Å². The van der Waals surface area contributed by atoms with Crippen LogP contribution in [0.2, 0.25) is 5.02 Å². The minimum Gasteiger partial charge on any atom is -0.495 e. The van der Waals surface area contributed by atoms with E-state index >= 15 is 0 Å². The summed E-state index contributed by atoms with van der Waals surface area (Å²) in [7, 11) is 2.72. The molecular weight excluding hydrogens is 372 g/mol. The molecule has 0 spiro atoms. The first-order chi connectivity index (χ1) is 12.9. The summed E-state index contributed by atoms with van der Waals surface area (Å²) in [6, 6.07) is 13.1. The van der Waals surface area contributed by atoms with E-state index in [0.29, 0.717) is 16.5 Å². The number of anilines is 1. The van der Waals surface area contributed by atoms with E-state index in [2.05, 4.69) is 10.4 Å². The maximum Gasteiger partial charge on any atom is 0.351 e. The fourth-order valence-corrected chi connectivity index (χ4v) is 2.58. The van der Waals surface area contributed by atoms with Gasteiger partial charge in [0.15, 0.2) is 0 Å². The zero-order chi connectivity index (χ0) is 19.6. The number of aromatic nitrogens is 3. The topological polar surface area (TPSA) is 95.2 Å². The average molecular weight is 387 g/mol. The Morgan fingerprint density at radius 2 is 1.85 bits per heavy atom. The van der Waals surface area contributed by atoms with Crippen molar-refractivity contribution in [1.29, 1.82) is 0 Å². The lowest BCUT2D eigenvalue weighted by molar-refractivity contribution is 0.101. The van der Waals surface area contributed by atoms with Gasteiger partial charge in [0.1, 0.15) is 5.75 Å². The number of amides is 1.